The smallest absolute Gasteiger partial charge is 0.270 e. The van der Waals surface area contributed by atoms with Crippen LogP contribution in [0.25, 0.3) is 0 Å². The number of hydrogen-bond acceptors (Lipinski definition) is 6. The molecule has 0 N–H and O–H groups in total. The van der Waals surface area contributed by atoms with Gasteiger partial charge in [0.1, 0.15) is 16.4 Å². The molecular formula is C8H14O6S2. The summed E-state index contributed by atoms with van der Waals surface area (Å²) in [5, 5.41) is 0. The van der Waals surface area contributed by atoms with Crippen molar-refractivity contribution in [2.45, 2.75) is 0 Å². The molecule has 94 valence electrons. The molecule has 6 nitrogen and oxygen atoms in total. The largest absolute Gasteiger partial charge is 0.379 e. The van der Waals surface area contributed by atoms with Crippen molar-refractivity contribution in [3.05, 3.63) is 0 Å². The van der Waals surface area contributed by atoms with Crippen LogP contribution in [0, 0.1) is 12.3 Å². The highest BCUT2D eigenvalue weighted by atomic mass is 32.2. The van der Waals surface area contributed by atoms with Gasteiger partial charge >= 0.3 is 0 Å². The maximum atomic E-state index is 11.0. The molecule has 0 fully saturated rings. The molecule has 0 radical (unpaired) electrons. The predicted octanol–water partition coefficient (Wildman–Crippen LogP) is -0.973. The van der Waals surface area contributed by atoms with Gasteiger partial charge in [0.05, 0.1) is 24.7 Å². The van der Waals surface area contributed by atoms with E-state index in [9.17, 15) is 16.8 Å². The number of sulfone groups is 1. The fourth-order valence-electron chi connectivity index (χ4n) is 0.656. The van der Waals surface area contributed by atoms with Crippen LogP contribution in [-0.2, 0) is 28.9 Å². The molecule has 0 aliphatic heterocycles. The Labute approximate surface area is 96.0 Å². The van der Waals surface area contributed by atoms with Crippen LogP contribution < -0.4 is 0 Å². The zero-order valence-electron chi connectivity index (χ0n) is 8.88. The Morgan fingerprint density at radius 3 is 2.19 bits per heavy atom. The summed E-state index contributed by atoms with van der Waals surface area (Å²) in [6.07, 6.45) is 5.90. The monoisotopic (exact) mass is 270 g/mol. The second-order valence-corrected chi connectivity index (χ2v) is 6.99. The highest BCUT2D eigenvalue weighted by molar-refractivity contribution is 7.90. The lowest BCUT2D eigenvalue weighted by Gasteiger charge is -2.04. The molecule has 16 heavy (non-hydrogen) atoms. The van der Waals surface area contributed by atoms with Crippen LogP contribution in [-0.4, -0.2) is 54.4 Å². The molecule has 0 aromatic heterocycles. The molecule has 0 heterocycles. The summed E-state index contributed by atoms with van der Waals surface area (Å²) in [4.78, 5) is 0. The molecule has 0 saturated heterocycles. The lowest BCUT2D eigenvalue weighted by Crippen LogP contribution is -2.18. The van der Waals surface area contributed by atoms with Crippen molar-refractivity contribution in [3.63, 3.8) is 0 Å². The zero-order valence-corrected chi connectivity index (χ0v) is 10.5. The van der Waals surface area contributed by atoms with Gasteiger partial charge in [0.15, 0.2) is 0 Å². The van der Waals surface area contributed by atoms with Crippen molar-refractivity contribution < 1.29 is 25.8 Å². The van der Waals surface area contributed by atoms with Gasteiger partial charge in [0.2, 0.25) is 0 Å². The van der Waals surface area contributed by atoms with Gasteiger partial charge in [-0.15, -0.1) is 6.42 Å². The minimum atomic E-state index is -3.68. The molecule has 0 aromatic rings. The van der Waals surface area contributed by atoms with Crippen molar-refractivity contribution in [3.8, 4) is 12.3 Å². The predicted molar refractivity (Wildman–Crippen MR) is 59.1 cm³/mol. The average molecular weight is 270 g/mol. The first-order valence-electron chi connectivity index (χ1n) is 4.33. The Balaban J connectivity index is 3.71. The summed E-state index contributed by atoms with van der Waals surface area (Å²) in [5.74, 6) is 1.53. The van der Waals surface area contributed by atoms with Crippen LogP contribution in [0.3, 0.4) is 0 Å². The van der Waals surface area contributed by atoms with E-state index in [0.717, 1.165) is 6.26 Å². The standard InChI is InChI=1S/C8H14O6S2/c1-3-4-14-16(11,12)8-6-13-5-7-15(2,9)10/h1H,4-8H2,2H3. The molecule has 0 amide bonds. The molecule has 8 heteroatoms. The minimum absolute atomic E-state index is 0.0382. The SMILES string of the molecule is C#CCOS(=O)(=O)CCOCCS(C)(=O)=O. The van der Waals surface area contributed by atoms with E-state index in [0.29, 0.717) is 0 Å². The molecule has 0 rings (SSSR count). The quantitative estimate of drug-likeness (QED) is 0.320. The molecule has 0 aliphatic rings. The highest BCUT2D eigenvalue weighted by Gasteiger charge is 2.10. The molecule has 0 spiro atoms. The Kier molecular flexibility index (Phi) is 6.59. The highest BCUT2D eigenvalue weighted by Crippen LogP contribution is 1.93. The first kappa shape index (κ1) is 15.4. The van der Waals surface area contributed by atoms with Crippen LogP contribution >= 0.6 is 0 Å². The lowest BCUT2D eigenvalue weighted by atomic mass is 10.8. The Morgan fingerprint density at radius 2 is 1.69 bits per heavy atom. The topological polar surface area (TPSA) is 86.7 Å². The number of rotatable bonds is 8. The second-order valence-electron chi connectivity index (χ2n) is 2.97. The maximum absolute atomic E-state index is 11.0. The Morgan fingerprint density at radius 1 is 1.12 bits per heavy atom. The summed E-state index contributed by atoms with van der Waals surface area (Å²) in [6, 6.07) is 0. The van der Waals surface area contributed by atoms with Gasteiger partial charge in [-0.3, -0.25) is 4.18 Å². The number of terminal acetylenes is 1. The fourth-order valence-corrected chi connectivity index (χ4v) is 1.76. The van der Waals surface area contributed by atoms with Crippen LogP contribution in [0.5, 0.6) is 0 Å². The van der Waals surface area contributed by atoms with E-state index in [2.05, 4.69) is 4.18 Å². The minimum Gasteiger partial charge on any atom is -0.379 e. The van der Waals surface area contributed by atoms with Crippen LogP contribution in [0.4, 0.5) is 0 Å². The van der Waals surface area contributed by atoms with Gasteiger partial charge < -0.3 is 4.74 Å². The van der Waals surface area contributed by atoms with Gasteiger partial charge in [-0.1, -0.05) is 5.92 Å². The summed E-state index contributed by atoms with van der Waals surface area (Å²) in [5.41, 5.74) is 0. The first-order chi connectivity index (χ1) is 7.27. The van der Waals surface area contributed by atoms with Crippen molar-refractivity contribution in [1.29, 1.82) is 0 Å². The number of hydrogen-bond donors (Lipinski definition) is 0. The van der Waals surface area contributed by atoms with E-state index >= 15 is 0 Å². The van der Waals surface area contributed by atoms with E-state index in [1.807, 2.05) is 5.92 Å². The van der Waals surface area contributed by atoms with Gasteiger partial charge in [-0.25, -0.2) is 8.42 Å². The summed E-state index contributed by atoms with van der Waals surface area (Å²) < 4.78 is 52.6. The molecular weight excluding hydrogens is 256 g/mol. The van der Waals surface area contributed by atoms with Gasteiger partial charge in [0, 0.05) is 6.26 Å². The summed E-state index contributed by atoms with van der Waals surface area (Å²) >= 11 is 0. The molecule has 0 atom stereocenters. The molecule has 0 bridgehead atoms. The molecule has 0 aromatic carbocycles. The van der Waals surface area contributed by atoms with E-state index in [1.54, 1.807) is 0 Å². The Bertz CT molecular complexity index is 428. The van der Waals surface area contributed by atoms with Crippen LogP contribution in [0.1, 0.15) is 0 Å². The number of ether oxygens (including phenoxy) is 1. The van der Waals surface area contributed by atoms with Crippen molar-refractivity contribution in [2.24, 2.45) is 0 Å². The van der Waals surface area contributed by atoms with E-state index < -0.39 is 20.0 Å². The first-order valence-corrected chi connectivity index (χ1v) is 7.97. The third-order valence-electron chi connectivity index (χ3n) is 1.40. The van der Waals surface area contributed by atoms with Crippen molar-refractivity contribution >= 4 is 20.0 Å². The normalized spacial score (nSPS) is 12.2. The maximum Gasteiger partial charge on any atom is 0.270 e. The van der Waals surface area contributed by atoms with Crippen LogP contribution in [0.2, 0.25) is 0 Å². The van der Waals surface area contributed by atoms with E-state index in [1.165, 1.54) is 0 Å². The third kappa shape index (κ3) is 9.92. The van der Waals surface area contributed by atoms with Gasteiger partial charge in [-0.05, 0) is 0 Å². The van der Waals surface area contributed by atoms with Crippen LogP contribution in [0.15, 0.2) is 0 Å². The van der Waals surface area contributed by atoms with E-state index in [-0.39, 0.29) is 31.3 Å². The molecule has 0 unspecified atom stereocenters. The van der Waals surface area contributed by atoms with Crippen molar-refractivity contribution in [2.75, 3.05) is 37.6 Å². The zero-order chi connectivity index (χ0) is 12.7. The van der Waals surface area contributed by atoms with Crippen molar-refractivity contribution in [1.82, 2.24) is 0 Å². The van der Waals surface area contributed by atoms with Gasteiger partial charge in [-0.2, -0.15) is 8.42 Å². The summed E-state index contributed by atoms with van der Waals surface area (Å²) in [6.45, 7) is -0.475. The second kappa shape index (κ2) is 6.85. The van der Waals surface area contributed by atoms with Gasteiger partial charge in [0.25, 0.3) is 10.1 Å². The summed E-state index contributed by atoms with van der Waals surface area (Å²) in [7, 11) is -6.76. The average Bonchev–Trinajstić information content (AvgIpc) is 2.12. The lowest BCUT2D eigenvalue weighted by molar-refractivity contribution is 0.163. The molecule has 0 aliphatic carbocycles. The fraction of sp³-hybridized carbons (Fsp3) is 0.750. The molecule has 0 saturated carbocycles. The van der Waals surface area contributed by atoms with E-state index in [4.69, 9.17) is 11.2 Å². The third-order valence-corrected chi connectivity index (χ3v) is 3.45. The Hall–Kier alpha value is -0.620.